The number of nitrogens with zero attached hydrogens (tertiary/aromatic N) is 4. The molecular weight excluding hydrogens is 755 g/mol. The molecule has 0 saturated carbocycles. The highest BCUT2D eigenvalue weighted by Gasteiger charge is 2.25. The number of hydrogen-bond donors (Lipinski definition) is 1. The molecule has 0 amide bonds. The normalized spacial score (nSPS) is 13.1. The van der Waals surface area contributed by atoms with E-state index in [4.69, 9.17) is 9.98 Å². The number of benzene rings is 9. The number of hydrogen-bond acceptors (Lipinski definition) is 3. The van der Waals surface area contributed by atoms with E-state index in [1.54, 1.807) is 0 Å². The first-order valence-corrected chi connectivity index (χ1v) is 21.1. The molecule has 3 heterocycles. The van der Waals surface area contributed by atoms with Gasteiger partial charge in [-0.05, 0) is 81.9 Å². The van der Waals surface area contributed by atoms with Gasteiger partial charge in [0.2, 0.25) is 6.29 Å². The van der Waals surface area contributed by atoms with Crippen molar-refractivity contribution in [1.29, 1.82) is 0 Å². The summed E-state index contributed by atoms with van der Waals surface area (Å²) in [6.07, 6.45) is -0.558. The Bertz CT molecular complexity index is 3410. The molecule has 1 aliphatic rings. The first-order chi connectivity index (χ1) is 30.7. The predicted molar refractivity (Wildman–Crippen MR) is 258 cm³/mol. The number of amidine groups is 2. The predicted octanol–water partition coefficient (Wildman–Crippen LogP) is 13.8. The summed E-state index contributed by atoms with van der Waals surface area (Å²) in [5.74, 6) is 1.55. The Morgan fingerprint density at radius 3 is 1.24 bits per heavy atom. The van der Waals surface area contributed by atoms with Gasteiger partial charge < -0.3 is 9.88 Å². The minimum Gasteiger partial charge on any atom is -0.324 e. The molecule has 5 heteroatoms. The van der Waals surface area contributed by atoms with Crippen LogP contribution in [0.2, 0.25) is 0 Å². The van der Waals surface area contributed by atoms with Gasteiger partial charge in [-0.2, -0.15) is 0 Å². The molecule has 0 aliphatic carbocycles. The van der Waals surface area contributed by atoms with Crippen LogP contribution in [0.1, 0.15) is 17.4 Å². The van der Waals surface area contributed by atoms with E-state index in [-0.39, 0.29) is 0 Å². The monoisotopic (exact) mass is 793 g/mol. The molecule has 0 bridgehead atoms. The van der Waals surface area contributed by atoms with Crippen LogP contribution in [0.25, 0.3) is 82.7 Å². The summed E-state index contributed by atoms with van der Waals surface area (Å²) in [7, 11) is 0. The highest BCUT2D eigenvalue weighted by atomic mass is 15.3. The maximum absolute atomic E-state index is 5.39. The third kappa shape index (κ3) is 6.10. The summed E-state index contributed by atoms with van der Waals surface area (Å²) in [6, 6.07) is 79.9. The molecule has 5 nitrogen and oxygen atoms in total. The Balaban J connectivity index is 0.987. The van der Waals surface area contributed by atoms with E-state index >= 15 is 0 Å². The van der Waals surface area contributed by atoms with Crippen LogP contribution in [0.5, 0.6) is 0 Å². The van der Waals surface area contributed by atoms with Gasteiger partial charge in [-0.1, -0.05) is 176 Å². The van der Waals surface area contributed by atoms with Crippen molar-refractivity contribution in [2.75, 3.05) is 0 Å². The fraction of sp³-hybridized carbons (Fsp3) is 0.0175. The minimum atomic E-state index is -0.558. The van der Waals surface area contributed by atoms with Gasteiger partial charge in [-0.3, -0.25) is 4.57 Å². The van der Waals surface area contributed by atoms with Crippen LogP contribution in [0, 0.1) is 0 Å². The molecule has 11 aromatic rings. The van der Waals surface area contributed by atoms with E-state index < -0.39 is 6.29 Å². The Morgan fingerprint density at radius 1 is 0.306 bits per heavy atom. The summed E-state index contributed by atoms with van der Waals surface area (Å²) < 4.78 is 4.66. The maximum Gasteiger partial charge on any atom is 0.224 e. The zero-order chi connectivity index (χ0) is 41.0. The fourth-order valence-corrected chi connectivity index (χ4v) is 9.19. The lowest BCUT2D eigenvalue weighted by atomic mass is 10.0. The molecule has 0 atom stereocenters. The molecule has 0 unspecified atom stereocenters. The number of aliphatic imine (C=N–C) groups is 2. The van der Waals surface area contributed by atoms with E-state index in [0.717, 1.165) is 67.0 Å². The smallest absolute Gasteiger partial charge is 0.224 e. The topological polar surface area (TPSA) is 46.6 Å². The third-order valence-electron chi connectivity index (χ3n) is 12.2. The largest absolute Gasteiger partial charge is 0.324 e. The average molecular weight is 794 g/mol. The summed E-state index contributed by atoms with van der Waals surface area (Å²) in [6.45, 7) is 0. The lowest BCUT2D eigenvalue weighted by Gasteiger charge is -2.24. The van der Waals surface area contributed by atoms with Crippen LogP contribution in [0.4, 0.5) is 0 Å². The van der Waals surface area contributed by atoms with Crippen molar-refractivity contribution in [1.82, 2.24) is 14.5 Å². The van der Waals surface area contributed by atoms with Crippen molar-refractivity contribution in [3.05, 3.63) is 236 Å². The molecule has 2 aromatic heterocycles. The van der Waals surface area contributed by atoms with Gasteiger partial charge in [0.25, 0.3) is 0 Å². The van der Waals surface area contributed by atoms with E-state index in [9.17, 15) is 0 Å². The molecule has 292 valence electrons. The fourth-order valence-electron chi connectivity index (χ4n) is 9.19. The number of para-hydroxylation sites is 3. The zero-order valence-electron chi connectivity index (χ0n) is 33.7. The van der Waals surface area contributed by atoms with E-state index in [0.29, 0.717) is 0 Å². The number of nitrogens with one attached hydrogen (secondary N) is 1. The van der Waals surface area contributed by atoms with Gasteiger partial charge >= 0.3 is 0 Å². The number of fused-ring (bicyclic) bond motifs is 6. The summed E-state index contributed by atoms with van der Waals surface area (Å²) in [4.78, 5) is 10.8. The van der Waals surface area contributed by atoms with E-state index in [1.807, 2.05) is 12.1 Å². The molecular formula is C57H39N5. The van der Waals surface area contributed by atoms with Crippen LogP contribution >= 0.6 is 0 Å². The lowest BCUT2D eigenvalue weighted by molar-refractivity contribution is 0.575. The van der Waals surface area contributed by atoms with Crippen molar-refractivity contribution in [3.8, 4) is 39.1 Å². The van der Waals surface area contributed by atoms with E-state index in [2.05, 4.69) is 227 Å². The van der Waals surface area contributed by atoms with Crippen molar-refractivity contribution in [3.63, 3.8) is 0 Å². The van der Waals surface area contributed by atoms with Gasteiger partial charge in [0.05, 0.1) is 22.1 Å². The highest BCUT2D eigenvalue weighted by molar-refractivity contribution is 6.17. The molecule has 1 aliphatic heterocycles. The van der Waals surface area contributed by atoms with Gasteiger partial charge in [-0.15, -0.1) is 0 Å². The molecule has 0 fully saturated rings. The Hall–Kier alpha value is -8.28. The molecule has 62 heavy (non-hydrogen) atoms. The van der Waals surface area contributed by atoms with Crippen molar-refractivity contribution in [2.45, 2.75) is 6.29 Å². The molecule has 0 saturated heterocycles. The van der Waals surface area contributed by atoms with Crippen LogP contribution < -0.4 is 5.32 Å². The highest BCUT2D eigenvalue weighted by Crippen LogP contribution is 2.39. The first kappa shape index (κ1) is 35.6. The molecule has 9 aromatic carbocycles. The van der Waals surface area contributed by atoms with Crippen molar-refractivity contribution in [2.24, 2.45) is 9.98 Å². The minimum absolute atomic E-state index is 0.558. The lowest BCUT2D eigenvalue weighted by Crippen LogP contribution is -2.36. The van der Waals surface area contributed by atoms with Crippen molar-refractivity contribution >= 4 is 55.3 Å². The second kappa shape index (κ2) is 14.8. The van der Waals surface area contributed by atoms with Crippen LogP contribution in [-0.4, -0.2) is 20.8 Å². The van der Waals surface area contributed by atoms with Gasteiger partial charge in [0.1, 0.15) is 11.7 Å². The van der Waals surface area contributed by atoms with Gasteiger partial charge in [0, 0.05) is 38.4 Å². The van der Waals surface area contributed by atoms with E-state index in [1.165, 1.54) is 38.5 Å². The molecule has 12 rings (SSSR count). The quantitative estimate of drug-likeness (QED) is 0.172. The summed E-state index contributed by atoms with van der Waals surface area (Å²) >= 11 is 0. The zero-order valence-corrected chi connectivity index (χ0v) is 33.7. The van der Waals surface area contributed by atoms with Gasteiger partial charge in [-0.25, -0.2) is 9.98 Å². The van der Waals surface area contributed by atoms with Gasteiger partial charge in [0.15, 0.2) is 0 Å². The molecule has 0 radical (unpaired) electrons. The van der Waals surface area contributed by atoms with Crippen molar-refractivity contribution < 1.29 is 0 Å². The Kier molecular flexibility index (Phi) is 8.49. The maximum atomic E-state index is 5.39. The molecule has 0 spiro atoms. The molecule has 1 N–H and O–H groups in total. The summed E-state index contributed by atoms with van der Waals surface area (Å²) in [5, 5.41) is 8.45. The Morgan fingerprint density at radius 2 is 0.677 bits per heavy atom. The second-order valence-corrected chi connectivity index (χ2v) is 15.9. The number of rotatable bonds is 7. The number of aromatic nitrogens is 2. The van der Waals surface area contributed by atoms with Crippen LogP contribution in [0.15, 0.2) is 234 Å². The van der Waals surface area contributed by atoms with Crippen LogP contribution in [0.3, 0.4) is 0 Å². The third-order valence-corrected chi connectivity index (χ3v) is 12.2. The average Bonchev–Trinajstić information content (AvgIpc) is 3.87. The Labute approximate surface area is 359 Å². The first-order valence-electron chi connectivity index (χ1n) is 21.1. The standard InChI is InChI=1S/C57H39N5/c1-4-14-38(15-5-1)40-24-28-42(29-25-40)55-58-56(43-30-26-41(27-31-43)39-16-6-2-7-17-39)60-57(59-55)62-52-23-13-11-21-48(52)50-37-45(33-35-54(50)62)44-32-34-53-49(36-44)47-20-10-12-22-51(47)61(53)46-18-8-3-9-19-46/h1-37,57H,(H,58,59,60). The SMILES string of the molecule is c1ccc(-c2ccc(C3=NC(n4c5ccccc5c5cc(-c6ccc7c(c6)c6ccccc6n7-c6ccccc6)ccc54)N=C(c4ccc(-c5ccccc5)cc4)N3)cc2)cc1. The summed E-state index contributed by atoms with van der Waals surface area (Å²) in [5.41, 5.74) is 14.7. The van der Waals surface area contributed by atoms with Crippen LogP contribution in [-0.2, 0) is 0 Å². The second-order valence-electron chi connectivity index (χ2n) is 15.9.